The molecule has 26 heavy (non-hydrogen) atoms. The van der Waals surface area contributed by atoms with Gasteiger partial charge in [-0.1, -0.05) is 103 Å². The van der Waals surface area contributed by atoms with Crippen LogP contribution in [0.25, 0.3) is 0 Å². The second-order valence-corrected chi connectivity index (χ2v) is 7.10. The van der Waals surface area contributed by atoms with E-state index in [0.29, 0.717) is 0 Å². The summed E-state index contributed by atoms with van der Waals surface area (Å²) in [7, 11) is 0. The summed E-state index contributed by atoms with van der Waals surface area (Å²) in [5.41, 5.74) is 0. The normalized spacial score (nSPS) is 12.7. The van der Waals surface area contributed by atoms with Crippen LogP contribution in [-0.4, -0.2) is 28.3 Å². The van der Waals surface area contributed by atoms with Crippen LogP contribution in [0.5, 0.6) is 0 Å². The van der Waals surface area contributed by atoms with Gasteiger partial charge in [-0.2, -0.15) is 0 Å². The van der Waals surface area contributed by atoms with E-state index in [-0.39, 0.29) is 0 Å². The third-order valence-corrected chi connectivity index (χ3v) is 4.68. The Kier molecular flexibility index (Phi) is 18.6. The summed E-state index contributed by atoms with van der Waals surface area (Å²) in [5.74, 6) is 0. The molecule has 0 atom stereocenters. The van der Waals surface area contributed by atoms with Crippen molar-refractivity contribution in [3.05, 3.63) is 34.5 Å². The maximum atomic E-state index is 8.36. The molecule has 5 nitrogen and oxygen atoms in total. The molecule has 0 amide bonds. The van der Waals surface area contributed by atoms with Crippen molar-refractivity contribution < 1.29 is 10.3 Å². The van der Waals surface area contributed by atoms with Crippen LogP contribution in [0.1, 0.15) is 96.8 Å². The smallest absolute Gasteiger partial charge is 0.291 e. The Morgan fingerprint density at radius 3 is 1.65 bits per heavy atom. The van der Waals surface area contributed by atoms with Crippen molar-refractivity contribution in [3.8, 4) is 0 Å². The molecule has 0 bridgehead atoms. The predicted molar refractivity (Wildman–Crippen MR) is 109 cm³/mol. The molecule has 1 aliphatic rings. The molecular formula is C21H40N2O3. The summed E-state index contributed by atoms with van der Waals surface area (Å²) in [6.07, 6.45) is 28.9. The van der Waals surface area contributed by atoms with Gasteiger partial charge in [0, 0.05) is 13.1 Å². The van der Waals surface area contributed by atoms with Gasteiger partial charge in [-0.05, 0) is 18.7 Å². The monoisotopic (exact) mass is 368 g/mol. The SMILES string of the molecule is CCCCCCCCCCCCCCCCN1C=CC=CC1.O=[N+]([O-])O. The molecule has 0 saturated heterocycles. The van der Waals surface area contributed by atoms with Crippen LogP contribution in [0.4, 0.5) is 0 Å². The molecule has 0 radical (unpaired) electrons. The fourth-order valence-electron chi connectivity index (χ4n) is 3.18. The summed E-state index contributed by atoms with van der Waals surface area (Å²) in [4.78, 5) is 10.8. The van der Waals surface area contributed by atoms with Crippen LogP contribution in [-0.2, 0) is 0 Å². The van der Waals surface area contributed by atoms with Crippen molar-refractivity contribution in [2.24, 2.45) is 0 Å². The van der Waals surface area contributed by atoms with Crippen LogP contribution >= 0.6 is 0 Å². The molecule has 1 heterocycles. The van der Waals surface area contributed by atoms with Gasteiger partial charge < -0.3 is 10.1 Å². The van der Waals surface area contributed by atoms with E-state index >= 15 is 0 Å². The Morgan fingerprint density at radius 2 is 1.27 bits per heavy atom. The zero-order chi connectivity index (χ0) is 19.3. The van der Waals surface area contributed by atoms with Gasteiger partial charge in [0.2, 0.25) is 0 Å². The molecule has 152 valence electrons. The Bertz CT molecular complexity index is 366. The predicted octanol–water partition coefficient (Wildman–Crippen LogP) is 6.51. The molecule has 0 aromatic heterocycles. The summed E-state index contributed by atoms with van der Waals surface area (Å²) < 4.78 is 0. The van der Waals surface area contributed by atoms with Crippen LogP contribution in [0.3, 0.4) is 0 Å². The molecule has 0 fully saturated rings. The lowest BCUT2D eigenvalue weighted by molar-refractivity contribution is -0.742. The fourth-order valence-corrected chi connectivity index (χ4v) is 3.18. The lowest BCUT2D eigenvalue weighted by Crippen LogP contribution is -2.19. The summed E-state index contributed by atoms with van der Waals surface area (Å²) in [5, 5.41) is 13.6. The summed E-state index contributed by atoms with van der Waals surface area (Å²) >= 11 is 0. The number of hydrogen-bond acceptors (Lipinski definition) is 3. The first-order valence-corrected chi connectivity index (χ1v) is 10.6. The topological polar surface area (TPSA) is 66.6 Å². The van der Waals surface area contributed by atoms with Crippen molar-refractivity contribution in [2.45, 2.75) is 96.8 Å². The van der Waals surface area contributed by atoms with E-state index in [2.05, 4.69) is 36.3 Å². The quantitative estimate of drug-likeness (QED) is 0.203. The van der Waals surface area contributed by atoms with E-state index in [9.17, 15) is 0 Å². The average molecular weight is 369 g/mol. The van der Waals surface area contributed by atoms with Crippen molar-refractivity contribution in [2.75, 3.05) is 13.1 Å². The number of unbranched alkanes of at least 4 members (excludes halogenated alkanes) is 13. The lowest BCUT2D eigenvalue weighted by Gasteiger charge is -2.20. The van der Waals surface area contributed by atoms with Crippen molar-refractivity contribution in [1.29, 1.82) is 0 Å². The van der Waals surface area contributed by atoms with Gasteiger partial charge >= 0.3 is 0 Å². The Morgan fingerprint density at radius 1 is 0.846 bits per heavy atom. The molecule has 0 aliphatic carbocycles. The van der Waals surface area contributed by atoms with E-state index in [1.165, 1.54) is 96.4 Å². The molecule has 0 spiro atoms. The fraction of sp³-hybridized carbons (Fsp3) is 0.810. The molecule has 0 aromatic carbocycles. The first-order chi connectivity index (χ1) is 12.7. The van der Waals surface area contributed by atoms with E-state index in [1.807, 2.05) is 0 Å². The number of allylic oxidation sites excluding steroid dienone is 2. The molecule has 1 rings (SSSR count). The van der Waals surface area contributed by atoms with Crippen LogP contribution < -0.4 is 0 Å². The molecule has 0 aromatic rings. The van der Waals surface area contributed by atoms with Crippen LogP contribution in [0.2, 0.25) is 0 Å². The second kappa shape index (κ2) is 19.8. The zero-order valence-electron chi connectivity index (χ0n) is 16.8. The Balaban J connectivity index is 0.00000141. The highest BCUT2D eigenvalue weighted by Crippen LogP contribution is 2.13. The maximum Gasteiger partial charge on any atom is 0.291 e. The maximum absolute atomic E-state index is 8.36. The van der Waals surface area contributed by atoms with Crippen molar-refractivity contribution in [1.82, 2.24) is 4.90 Å². The number of rotatable bonds is 15. The first-order valence-electron chi connectivity index (χ1n) is 10.6. The number of nitrogens with zero attached hydrogens (tertiary/aromatic N) is 2. The second-order valence-electron chi connectivity index (χ2n) is 7.10. The van der Waals surface area contributed by atoms with Crippen LogP contribution in [0, 0.1) is 10.1 Å². The molecular weight excluding hydrogens is 328 g/mol. The van der Waals surface area contributed by atoms with Gasteiger partial charge in [-0.25, -0.2) is 0 Å². The molecule has 1 N–H and O–H groups in total. The van der Waals surface area contributed by atoms with Gasteiger partial charge in [0.05, 0.1) is 0 Å². The Hall–Kier alpha value is -1.52. The molecule has 0 unspecified atom stereocenters. The average Bonchev–Trinajstić information content (AvgIpc) is 2.62. The van der Waals surface area contributed by atoms with Gasteiger partial charge in [0.25, 0.3) is 5.09 Å². The minimum absolute atomic E-state index is 1.11. The first kappa shape index (κ1) is 24.5. The third kappa shape index (κ3) is 20.5. The zero-order valence-corrected chi connectivity index (χ0v) is 16.8. The highest BCUT2D eigenvalue weighted by Gasteiger charge is 1.99. The highest BCUT2D eigenvalue weighted by atomic mass is 16.9. The highest BCUT2D eigenvalue weighted by molar-refractivity contribution is 5.08. The minimum Gasteiger partial charge on any atom is -0.374 e. The van der Waals surface area contributed by atoms with Gasteiger partial charge in [-0.15, -0.1) is 10.1 Å². The van der Waals surface area contributed by atoms with Gasteiger partial charge in [-0.3, -0.25) is 0 Å². The minimum atomic E-state index is -1.50. The van der Waals surface area contributed by atoms with Crippen molar-refractivity contribution in [3.63, 3.8) is 0 Å². The van der Waals surface area contributed by atoms with Crippen LogP contribution in [0.15, 0.2) is 24.4 Å². The van der Waals surface area contributed by atoms with E-state index < -0.39 is 5.09 Å². The molecule has 5 heteroatoms. The number of hydrogen-bond donors (Lipinski definition) is 1. The molecule has 0 saturated carbocycles. The van der Waals surface area contributed by atoms with Gasteiger partial charge in [0.1, 0.15) is 0 Å². The van der Waals surface area contributed by atoms with E-state index in [4.69, 9.17) is 15.3 Å². The van der Waals surface area contributed by atoms with E-state index in [0.717, 1.165) is 6.54 Å². The summed E-state index contributed by atoms with van der Waals surface area (Å²) in [6, 6.07) is 0. The van der Waals surface area contributed by atoms with Gasteiger partial charge in [0.15, 0.2) is 0 Å². The third-order valence-electron chi connectivity index (χ3n) is 4.68. The standard InChI is InChI=1S/C21H39N.HNO3/c1-2-3-4-5-6-7-8-9-10-11-12-13-14-16-19-22-20-17-15-18-21-22;2-1(3)4/h15,17-18,20H,2-14,16,19,21H2,1H3;(H,2,3,4). The molecule has 1 aliphatic heterocycles. The largest absolute Gasteiger partial charge is 0.374 e. The summed E-state index contributed by atoms with van der Waals surface area (Å²) in [6.45, 7) is 4.63. The lowest BCUT2D eigenvalue weighted by atomic mass is 10.0. The van der Waals surface area contributed by atoms with Crippen molar-refractivity contribution >= 4 is 0 Å². The Labute approximate surface area is 160 Å². The van der Waals surface area contributed by atoms with E-state index in [1.54, 1.807) is 0 Å².